The highest BCUT2D eigenvalue weighted by atomic mass is 16.4. The molecule has 0 atom stereocenters. The second-order valence-electron chi connectivity index (χ2n) is 3.85. The van der Waals surface area contributed by atoms with Crippen LogP contribution in [0.25, 0.3) is 0 Å². The number of carbonyl (C=O) groups is 2. The smallest absolute Gasteiger partial charge is 0.335 e. The van der Waals surface area contributed by atoms with E-state index in [0.29, 0.717) is 12.0 Å². The minimum atomic E-state index is -0.989. The van der Waals surface area contributed by atoms with E-state index in [4.69, 9.17) is 5.11 Å². The molecule has 1 N–H and O–H groups in total. The fourth-order valence-corrected chi connectivity index (χ4v) is 1.56. The maximum Gasteiger partial charge on any atom is 0.335 e. The first kappa shape index (κ1) is 22.1. The number of rotatable bonds is 5. The zero-order valence-corrected chi connectivity index (χ0v) is 14.5. The molecule has 0 spiro atoms. The van der Waals surface area contributed by atoms with Gasteiger partial charge in [0.2, 0.25) is 0 Å². The summed E-state index contributed by atoms with van der Waals surface area (Å²) in [6.07, 6.45) is 6.00. The van der Waals surface area contributed by atoms with Crippen molar-refractivity contribution in [2.75, 3.05) is 0 Å². The summed E-state index contributed by atoms with van der Waals surface area (Å²) in [5, 5.41) is 8.76. The van der Waals surface area contributed by atoms with Crippen LogP contribution in [0.15, 0.2) is 48.1 Å². The molecule has 1 rings (SSSR count). The first-order valence-electron chi connectivity index (χ1n) is 7.73. The number of aromatic carboxylic acids is 1. The third-order valence-corrected chi connectivity index (χ3v) is 2.57. The molecular formula is C19H28O3. The lowest BCUT2D eigenvalue weighted by molar-refractivity contribution is 0.0696. The summed E-state index contributed by atoms with van der Waals surface area (Å²) in [4.78, 5) is 22.6. The third-order valence-electron chi connectivity index (χ3n) is 2.57. The Morgan fingerprint density at radius 1 is 0.955 bits per heavy atom. The van der Waals surface area contributed by atoms with Gasteiger partial charge in [-0.1, -0.05) is 58.1 Å². The van der Waals surface area contributed by atoms with Gasteiger partial charge in [-0.25, -0.2) is 4.79 Å². The summed E-state index contributed by atoms with van der Waals surface area (Å²) in [5.74, 6) is -1.00. The van der Waals surface area contributed by atoms with Crippen LogP contribution in [-0.2, 0) is 0 Å². The van der Waals surface area contributed by atoms with Crippen molar-refractivity contribution in [3.63, 3.8) is 0 Å². The molecule has 0 aromatic heterocycles. The molecule has 1 aromatic carbocycles. The second kappa shape index (κ2) is 13.8. The molecule has 0 amide bonds. The number of hydrogen-bond acceptors (Lipinski definition) is 2. The average Bonchev–Trinajstić information content (AvgIpc) is 2.58. The highest BCUT2D eigenvalue weighted by Gasteiger charge is 2.08. The quantitative estimate of drug-likeness (QED) is 0.574. The van der Waals surface area contributed by atoms with E-state index in [1.165, 1.54) is 12.1 Å². The minimum Gasteiger partial charge on any atom is -0.478 e. The van der Waals surface area contributed by atoms with Crippen molar-refractivity contribution in [2.45, 2.75) is 48.0 Å². The van der Waals surface area contributed by atoms with Crippen molar-refractivity contribution in [1.29, 1.82) is 0 Å². The van der Waals surface area contributed by atoms with E-state index in [-0.39, 0.29) is 11.3 Å². The predicted molar refractivity (Wildman–Crippen MR) is 93.6 cm³/mol. The minimum absolute atomic E-state index is 0.0156. The standard InChI is InChI=1S/C15H16O3.2C2H6/c1-3-5-11(4-2)10-14(16)12-6-8-13(9-7-12)15(17)18;2*1-2/h3-9H,10H2,1-2H3,(H,17,18);2*1-2H3/b5-3-,11-4+;;. The first-order chi connectivity index (χ1) is 10.6. The zero-order valence-electron chi connectivity index (χ0n) is 14.5. The van der Waals surface area contributed by atoms with Crippen LogP contribution >= 0.6 is 0 Å². The largest absolute Gasteiger partial charge is 0.478 e. The van der Waals surface area contributed by atoms with E-state index in [2.05, 4.69) is 0 Å². The molecule has 1 aromatic rings. The van der Waals surface area contributed by atoms with Crippen LogP contribution in [0, 0.1) is 0 Å². The molecule has 3 nitrogen and oxygen atoms in total. The number of allylic oxidation sites excluding steroid dienone is 4. The monoisotopic (exact) mass is 304 g/mol. The van der Waals surface area contributed by atoms with Gasteiger partial charge in [0.05, 0.1) is 5.56 Å². The number of ketones is 1. The van der Waals surface area contributed by atoms with Gasteiger partial charge in [-0.15, -0.1) is 0 Å². The summed E-state index contributed by atoms with van der Waals surface area (Å²) >= 11 is 0. The van der Waals surface area contributed by atoms with Gasteiger partial charge in [0, 0.05) is 12.0 Å². The Bertz CT molecular complexity index is 494. The normalized spacial score (nSPS) is 10.2. The number of benzene rings is 1. The van der Waals surface area contributed by atoms with Crippen LogP contribution in [-0.4, -0.2) is 16.9 Å². The van der Waals surface area contributed by atoms with Crippen molar-refractivity contribution in [3.8, 4) is 0 Å². The molecule has 0 aliphatic rings. The third kappa shape index (κ3) is 8.20. The molecular weight excluding hydrogens is 276 g/mol. The lowest BCUT2D eigenvalue weighted by Gasteiger charge is -2.02. The topological polar surface area (TPSA) is 54.4 Å². The van der Waals surface area contributed by atoms with Crippen LogP contribution in [0.5, 0.6) is 0 Å². The Balaban J connectivity index is 0. The Labute approximate surface area is 134 Å². The van der Waals surface area contributed by atoms with E-state index < -0.39 is 5.97 Å². The summed E-state index contributed by atoms with van der Waals surface area (Å²) in [7, 11) is 0. The molecule has 0 radical (unpaired) electrons. The molecule has 0 heterocycles. The van der Waals surface area contributed by atoms with Crippen LogP contribution in [0.4, 0.5) is 0 Å². The van der Waals surface area contributed by atoms with Crippen LogP contribution < -0.4 is 0 Å². The highest BCUT2D eigenvalue weighted by Crippen LogP contribution is 2.12. The number of hydrogen-bond donors (Lipinski definition) is 1. The van der Waals surface area contributed by atoms with E-state index in [9.17, 15) is 9.59 Å². The van der Waals surface area contributed by atoms with Gasteiger partial charge in [-0.3, -0.25) is 4.79 Å². The van der Waals surface area contributed by atoms with Gasteiger partial charge >= 0.3 is 5.97 Å². The summed E-state index contributed by atoms with van der Waals surface area (Å²) in [6, 6.07) is 5.99. The van der Waals surface area contributed by atoms with Crippen LogP contribution in [0.2, 0.25) is 0 Å². The molecule has 0 bridgehead atoms. The zero-order chi connectivity index (χ0) is 17.5. The Morgan fingerprint density at radius 2 is 1.41 bits per heavy atom. The van der Waals surface area contributed by atoms with Gasteiger partial charge in [-0.05, 0) is 31.6 Å². The summed E-state index contributed by atoms with van der Waals surface area (Å²) in [5.41, 5.74) is 1.67. The van der Waals surface area contributed by atoms with Crippen molar-refractivity contribution in [2.24, 2.45) is 0 Å². The summed E-state index contributed by atoms with van der Waals surface area (Å²) in [6.45, 7) is 11.8. The lowest BCUT2D eigenvalue weighted by Crippen LogP contribution is -2.02. The fraction of sp³-hybridized carbons (Fsp3) is 0.368. The molecule has 3 heteroatoms. The average molecular weight is 304 g/mol. The number of Topliss-reactive ketones (excluding diaryl/α,β-unsaturated/α-hetero) is 1. The van der Waals surface area contributed by atoms with Crippen molar-refractivity contribution in [3.05, 3.63) is 59.2 Å². The van der Waals surface area contributed by atoms with E-state index in [0.717, 1.165) is 5.57 Å². The SMILES string of the molecule is C/C=C\C(=C/C)CC(=O)c1ccc(C(=O)O)cc1.CC.CC. The molecule has 0 unspecified atom stereocenters. The molecule has 0 saturated heterocycles. The number of carboxylic acid groups (broad SMARTS) is 1. The molecule has 0 aliphatic carbocycles. The number of carboxylic acids is 1. The predicted octanol–water partition coefficient (Wildman–Crippen LogP) is 5.53. The fourth-order valence-electron chi connectivity index (χ4n) is 1.56. The van der Waals surface area contributed by atoms with Gasteiger partial charge < -0.3 is 5.11 Å². The Morgan fingerprint density at radius 3 is 1.77 bits per heavy atom. The Kier molecular flexibility index (Phi) is 13.9. The maximum absolute atomic E-state index is 11.9. The van der Waals surface area contributed by atoms with E-state index in [1.807, 2.05) is 59.8 Å². The van der Waals surface area contributed by atoms with Gasteiger partial charge in [0.1, 0.15) is 0 Å². The van der Waals surface area contributed by atoms with Crippen molar-refractivity contribution in [1.82, 2.24) is 0 Å². The maximum atomic E-state index is 11.9. The number of carbonyl (C=O) groups excluding carboxylic acids is 1. The van der Waals surface area contributed by atoms with Crippen LogP contribution in [0.1, 0.15) is 68.7 Å². The van der Waals surface area contributed by atoms with E-state index in [1.54, 1.807) is 12.1 Å². The molecule has 22 heavy (non-hydrogen) atoms. The van der Waals surface area contributed by atoms with Gasteiger partial charge in [0.25, 0.3) is 0 Å². The molecule has 122 valence electrons. The van der Waals surface area contributed by atoms with Crippen molar-refractivity contribution >= 4 is 11.8 Å². The summed E-state index contributed by atoms with van der Waals surface area (Å²) < 4.78 is 0. The van der Waals surface area contributed by atoms with Crippen LogP contribution in [0.3, 0.4) is 0 Å². The molecule has 0 saturated carbocycles. The first-order valence-corrected chi connectivity index (χ1v) is 7.73. The van der Waals surface area contributed by atoms with E-state index >= 15 is 0 Å². The Hall–Kier alpha value is -2.16. The lowest BCUT2D eigenvalue weighted by atomic mass is 10.0. The highest BCUT2D eigenvalue weighted by molar-refractivity contribution is 5.98. The second-order valence-corrected chi connectivity index (χ2v) is 3.85. The molecule has 0 fully saturated rings. The van der Waals surface area contributed by atoms with Crippen molar-refractivity contribution < 1.29 is 14.7 Å². The van der Waals surface area contributed by atoms with Gasteiger partial charge in [0.15, 0.2) is 5.78 Å². The van der Waals surface area contributed by atoms with Gasteiger partial charge in [-0.2, -0.15) is 0 Å². The molecule has 0 aliphatic heterocycles.